The molecule has 0 saturated carbocycles. The lowest BCUT2D eigenvalue weighted by Crippen LogP contribution is -2.11. The van der Waals surface area contributed by atoms with E-state index in [4.69, 9.17) is 40.5 Å². The number of anilines is 1. The first-order chi connectivity index (χ1) is 9.49. The van der Waals surface area contributed by atoms with Gasteiger partial charge in [-0.2, -0.15) is 0 Å². The summed E-state index contributed by atoms with van der Waals surface area (Å²) >= 11 is 18.2. The zero-order valence-corrected chi connectivity index (χ0v) is 12.6. The van der Waals surface area contributed by atoms with E-state index in [-0.39, 0.29) is 0 Å². The summed E-state index contributed by atoms with van der Waals surface area (Å²) < 4.78 is 0. The van der Waals surface area contributed by atoms with Crippen LogP contribution in [0.4, 0.5) is 5.69 Å². The number of halogens is 3. The molecule has 0 radical (unpaired) electrons. The van der Waals surface area contributed by atoms with Gasteiger partial charge in [0.1, 0.15) is 0 Å². The highest BCUT2D eigenvalue weighted by Gasteiger charge is 2.08. The van der Waals surface area contributed by atoms with Crippen LogP contribution in [0.1, 0.15) is 15.9 Å². The molecule has 0 spiro atoms. The second-order valence-electron chi connectivity index (χ2n) is 4.11. The molecule has 0 bridgehead atoms. The first-order valence-corrected chi connectivity index (χ1v) is 6.88. The second kappa shape index (κ2) is 6.35. The highest BCUT2D eigenvalue weighted by Crippen LogP contribution is 2.28. The molecule has 3 nitrogen and oxygen atoms in total. The van der Waals surface area contributed by atoms with Gasteiger partial charge in [0.15, 0.2) is 0 Å². The third kappa shape index (κ3) is 3.37. The van der Waals surface area contributed by atoms with Crippen molar-refractivity contribution in [1.82, 2.24) is 0 Å². The molecular weight excluding hydrogens is 319 g/mol. The van der Waals surface area contributed by atoms with Gasteiger partial charge in [-0.05, 0) is 30.3 Å². The molecule has 0 unspecified atom stereocenters. The van der Waals surface area contributed by atoms with Gasteiger partial charge in [0.2, 0.25) is 5.91 Å². The minimum atomic E-state index is -0.513. The molecule has 0 fully saturated rings. The second-order valence-corrected chi connectivity index (χ2v) is 5.33. The molecule has 3 N–H and O–H groups in total. The number of primary amides is 1. The summed E-state index contributed by atoms with van der Waals surface area (Å²) in [6.07, 6.45) is 0. The van der Waals surface area contributed by atoms with Crippen molar-refractivity contribution in [2.75, 3.05) is 5.32 Å². The average molecular weight is 330 g/mol. The molecule has 0 aliphatic rings. The fraction of sp³-hybridized carbons (Fsp3) is 0.0714. The van der Waals surface area contributed by atoms with E-state index >= 15 is 0 Å². The zero-order chi connectivity index (χ0) is 14.7. The maximum Gasteiger partial charge on any atom is 0.248 e. The van der Waals surface area contributed by atoms with Crippen molar-refractivity contribution < 1.29 is 4.79 Å². The summed E-state index contributed by atoms with van der Waals surface area (Å²) in [5, 5.41) is 4.71. The third-order valence-electron chi connectivity index (χ3n) is 2.77. The number of amides is 1. The van der Waals surface area contributed by atoms with Crippen molar-refractivity contribution in [3.8, 4) is 0 Å². The van der Waals surface area contributed by atoms with Crippen molar-refractivity contribution in [2.45, 2.75) is 6.54 Å². The molecule has 0 saturated heterocycles. The topological polar surface area (TPSA) is 55.1 Å². The van der Waals surface area contributed by atoms with Crippen molar-refractivity contribution in [2.24, 2.45) is 5.73 Å². The third-order valence-corrected chi connectivity index (χ3v) is 3.81. The Morgan fingerprint density at radius 2 is 1.70 bits per heavy atom. The van der Waals surface area contributed by atoms with E-state index in [2.05, 4.69) is 5.32 Å². The van der Waals surface area contributed by atoms with Gasteiger partial charge >= 0.3 is 0 Å². The molecular formula is C14H11Cl3N2O. The van der Waals surface area contributed by atoms with Crippen molar-refractivity contribution in [3.63, 3.8) is 0 Å². The fourth-order valence-electron chi connectivity index (χ4n) is 1.70. The largest absolute Gasteiger partial charge is 0.380 e. The normalized spacial score (nSPS) is 10.3. The van der Waals surface area contributed by atoms with Gasteiger partial charge in [-0.1, -0.05) is 40.9 Å². The summed E-state index contributed by atoms with van der Waals surface area (Å²) in [7, 11) is 0. The summed E-state index contributed by atoms with van der Waals surface area (Å²) in [6.45, 7) is 0.389. The Labute approximate surface area is 131 Å². The maximum atomic E-state index is 11.2. The van der Waals surface area contributed by atoms with Gasteiger partial charge in [-0.25, -0.2) is 0 Å². The molecule has 2 rings (SSSR count). The number of hydrogen-bond donors (Lipinski definition) is 2. The number of benzene rings is 2. The standard InChI is InChI=1S/C14H11Cl3N2O/c15-10-2-1-3-11(16)9(10)7-19-13-6-8(14(18)20)4-5-12(13)17/h1-6,19H,7H2,(H2,18,20). The van der Waals surface area contributed by atoms with E-state index in [1.54, 1.807) is 36.4 Å². The highest BCUT2D eigenvalue weighted by atomic mass is 35.5. The number of nitrogens with two attached hydrogens (primary N) is 1. The van der Waals surface area contributed by atoms with Gasteiger partial charge < -0.3 is 11.1 Å². The Morgan fingerprint density at radius 3 is 2.30 bits per heavy atom. The van der Waals surface area contributed by atoms with Crippen molar-refractivity contribution in [1.29, 1.82) is 0 Å². The summed E-state index contributed by atoms with van der Waals surface area (Å²) in [4.78, 5) is 11.2. The Morgan fingerprint density at radius 1 is 1.05 bits per heavy atom. The van der Waals surface area contributed by atoms with Crippen LogP contribution < -0.4 is 11.1 Å². The van der Waals surface area contributed by atoms with Crippen molar-refractivity contribution in [3.05, 3.63) is 62.6 Å². The van der Waals surface area contributed by atoms with E-state index in [1.807, 2.05) is 0 Å². The van der Waals surface area contributed by atoms with Gasteiger partial charge in [0, 0.05) is 27.7 Å². The zero-order valence-electron chi connectivity index (χ0n) is 10.3. The van der Waals surface area contributed by atoms with Gasteiger partial charge in [-0.15, -0.1) is 0 Å². The summed E-state index contributed by atoms with van der Waals surface area (Å²) in [5.41, 5.74) is 6.97. The predicted molar refractivity (Wildman–Crippen MR) is 83.8 cm³/mol. The number of hydrogen-bond acceptors (Lipinski definition) is 2. The molecule has 0 atom stereocenters. The number of rotatable bonds is 4. The summed E-state index contributed by atoms with van der Waals surface area (Å²) in [5.74, 6) is -0.513. The number of carbonyl (C=O) groups is 1. The molecule has 2 aromatic rings. The van der Waals surface area contributed by atoms with Crippen LogP contribution in [0.5, 0.6) is 0 Å². The van der Waals surface area contributed by atoms with E-state index in [0.717, 1.165) is 5.56 Å². The minimum absolute atomic E-state index is 0.377. The van der Waals surface area contributed by atoms with Crippen LogP contribution in [0, 0.1) is 0 Å². The molecule has 0 aliphatic heterocycles. The van der Waals surface area contributed by atoms with E-state index in [1.165, 1.54) is 0 Å². The van der Waals surface area contributed by atoms with Crippen LogP contribution in [0.3, 0.4) is 0 Å². The average Bonchev–Trinajstić information content (AvgIpc) is 2.39. The lowest BCUT2D eigenvalue weighted by atomic mass is 10.1. The molecule has 0 heterocycles. The molecule has 20 heavy (non-hydrogen) atoms. The van der Waals surface area contributed by atoms with Crippen LogP contribution in [0.15, 0.2) is 36.4 Å². The number of carbonyl (C=O) groups excluding carboxylic acids is 1. The first kappa shape index (κ1) is 15.0. The van der Waals surface area contributed by atoms with Gasteiger partial charge in [0.05, 0.1) is 10.7 Å². The van der Waals surface area contributed by atoms with Crippen LogP contribution in [0.2, 0.25) is 15.1 Å². The molecule has 1 amide bonds. The minimum Gasteiger partial charge on any atom is -0.380 e. The Balaban J connectivity index is 2.23. The summed E-state index contributed by atoms with van der Waals surface area (Å²) in [6, 6.07) is 10.1. The van der Waals surface area contributed by atoms with Crippen LogP contribution in [-0.4, -0.2) is 5.91 Å². The van der Waals surface area contributed by atoms with E-state index in [9.17, 15) is 4.79 Å². The van der Waals surface area contributed by atoms with Crippen LogP contribution in [-0.2, 0) is 6.54 Å². The highest BCUT2D eigenvalue weighted by molar-refractivity contribution is 6.36. The SMILES string of the molecule is NC(=O)c1ccc(Cl)c(NCc2c(Cl)cccc2Cl)c1. The molecule has 6 heteroatoms. The maximum absolute atomic E-state index is 11.2. The predicted octanol–water partition coefficient (Wildman–Crippen LogP) is 4.36. The van der Waals surface area contributed by atoms with E-state index < -0.39 is 5.91 Å². The quantitative estimate of drug-likeness (QED) is 0.875. The Bertz CT molecular complexity index is 639. The van der Waals surface area contributed by atoms with Gasteiger partial charge in [-0.3, -0.25) is 4.79 Å². The lowest BCUT2D eigenvalue weighted by molar-refractivity contribution is 0.100. The first-order valence-electron chi connectivity index (χ1n) is 5.75. The molecule has 0 aromatic heterocycles. The molecule has 104 valence electrons. The molecule has 2 aromatic carbocycles. The Hall–Kier alpha value is -1.42. The number of nitrogens with one attached hydrogen (secondary N) is 1. The van der Waals surface area contributed by atoms with Crippen LogP contribution in [0.25, 0.3) is 0 Å². The lowest BCUT2D eigenvalue weighted by Gasteiger charge is -2.12. The van der Waals surface area contributed by atoms with E-state index in [0.29, 0.717) is 32.9 Å². The molecule has 0 aliphatic carbocycles. The Kier molecular flexibility index (Phi) is 4.76. The van der Waals surface area contributed by atoms with Crippen molar-refractivity contribution >= 4 is 46.4 Å². The smallest absolute Gasteiger partial charge is 0.248 e. The fourth-order valence-corrected chi connectivity index (χ4v) is 2.41. The van der Waals surface area contributed by atoms with Gasteiger partial charge in [0.25, 0.3) is 0 Å². The monoisotopic (exact) mass is 328 g/mol. The van der Waals surface area contributed by atoms with Crippen LogP contribution >= 0.6 is 34.8 Å².